The largest absolute Gasteiger partial charge is 0.327 e. The topological polar surface area (TPSA) is 26.0 Å². The minimum atomic E-state index is 0.359. The van der Waals surface area contributed by atoms with Crippen LogP contribution in [-0.2, 0) is 6.42 Å². The third-order valence-corrected chi connectivity index (χ3v) is 3.44. The highest BCUT2D eigenvalue weighted by Gasteiger charge is 2.24. The third-order valence-electron chi connectivity index (χ3n) is 3.44. The molecule has 0 amide bonds. The summed E-state index contributed by atoms with van der Waals surface area (Å²) in [5.74, 6) is 0.935. The van der Waals surface area contributed by atoms with E-state index in [9.17, 15) is 0 Å². The molecule has 0 saturated heterocycles. The van der Waals surface area contributed by atoms with Crippen molar-refractivity contribution in [2.45, 2.75) is 45.6 Å². The first-order valence-electron chi connectivity index (χ1n) is 5.97. The van der Waals surface area contributed by atoms with Gasteiger partial charge in [-0.2, -0.15) is 0 Å². The van der Waals surface area contributed by atoms with Gasteiger partial charge in [0.2, 0.25) is 0 Å². The van der Waals surface area contributed by atoms with Crippen molar-refractivity contribution in [1.29, 1.82) is 0 Å². The number of hydrogen-bond donors (Lipinski definition) is 1. The number of hydrogen-bond acceptors (Lipinski definition) is 1. The van der Waals surface area contributed by atoms with Crippen LogP contribution in [0.1, 0.15) is 36.0 Å². The van der Waals surface area contributed by atoms with E-state index in [1.165, 1.54) is 36.0 Å². The molecule has 0 heterocycles. The van der Waals surface area contributed by atoms with E-state index in [4.69, 9.17) is 5.73 Å². The predicted octanol–water partition coefficient (Wildman–Crippen LogP) is 2.97. The van der Waals surface area contributed by atoms with Gasteiger partial charge in [-0.25, -0.2) is 0 Å². The zero-order chi connectivity index (χ0) is 10.8. The van der Waals surface area contributed by atoms with Gasteiger partial charge < -0.3 is 5.73 Å². The van der Waals surface area contributed by atoms with Crippen LogP contribution >= 0.6 is 0 Å². The number of rotatable bonds is 4. The molecule has 1 aliphatic carbocycles. The first kappa shape index (κ1) is 10.7. The van der Waals surface area contributed by atoms with Crippen molar-refractivity contribution >= 4 is 0 Å². The van der Waals surface area contributed by atoms with Crippen molar-refractivity contribution in [3.8, 4) is 0 Å². The highest BCUT2D eigenvalue weighted by atomic mass is 14.6. The van der Waals surface area contributed by atoms with Crippen molar-refractivity contribution < 1.29 is 0 Å². The maximum Gasteiger partial charge on any atom is 0.00821 e. The molecule has 82 valence electrons. The molecule has 1 atom stereocenters. The lowest BCUT2D eigenvalue weighted by Crippen LogP contribution is -2.24. The summed E-state index contributed by atoms with van der Waals surface area (Å²) in [5.41, 5.74) is 10.4. The van der Waals surface area contributed by atoms with Gasteiger partial charge in [0, 0.05) is 6.04 Å². The third kappa shape index (κ3) is 2.82. The van der Waals surface area contributed by atoms with Gasteiger partial charge >= 0.3 is 0 Å². The Morgan fingerprint density at radius 2 is 1.87 bits per heavy atom. The van der Waals surface area contributed by atoms with E-state index in [0.717, 1.165) is 12.3 Å². The second-order valence-electron chi connectivity index (χ2n) is 5.01. The molecular formula is C14H21N. The van der Waals surface area contributed by atoms with Gasteiger partial charge in [0.15, 0.2) is 0 Å². The molecule has 15 heavy (non-hydrogen) atoms. The molecule has 1 aromatic carbocycles. The Labute approximate surface area is 92.7 Å². The van der Waals surface area contributed by atoms with Gasteiger partial charge in [0.1, 0.15) is 0 Å². The lowest BCUT2D eigenvalue weighted by Gasteiger charge is -2.15. The Hall–Kier alpha value is -0.820. The molecule has 1 nitrogen and oxygen atoms in total. The molecule has 2 N–H and O–H groups in total. The van der Waals surface area contributed by atoms with Crippen LogP contribution in [0, 0.1) is 19.8 Å². The molecule has 1 fully saturated rings. The Kier molecular flexibility index (Phi) is 3.11. The molecule has 1 aliphatic rings. The molecular weight excluding hydrogens is 182 g/mol. The molecule has 1 heteroatoms. The summed E-state index contributed by atoms with van der Waals surface area (Å²) in [5, 5.41) is 0. The summed E-state index contributed by atoms with van der Waals surface area (Å²) in [6.07, 6.45) is 5.07. The monoisotopic (exact) mass is 203 g/mol. The summed E-state index contributed by atoms with van der Waals surface area (Å²) in [7, 11) is 0. The van der Waals surface area contributed by atoms with Gasteiger partial charge in [0.05, 0.1) is 0 Å². The summed E-state index contributed by atoms with van der Waals surface area (Å²) in [6.45, 7) is 4.37. The zero-order valence-electron chi connectivity index (χ0n) is 9.79. The molecule has 1 saturated carbocycles. The van der Waals surface area contributed by atoms with Crippen LogP contribution < -0.4 is 5.73 Å². The van der Waals surface area contributed by atoms with Crippen molar-refractivity contribution in [3.05, 3.63) is 34.9 Å². The van der Waals surface area contributed by atoms with E-state index >= 15 is 0 Å². The molecule has 0 bridgehead atoms. The van der Waals surface area contributed by atoms with Crippen LogP contribution in [0.5, 0.6) is 0 Å². The van der Waals surface area contributed by atoms with Gasteiger partial charge in [-0.15, -0.1) is 0 Å². The van der Waals surface area contributed by atoms with E-state index in [1.54, 1.807) is 0 Å². The molecule has 2 rings (SSSR count). The summed E-state index contributed by atoms with van der Waals surface area (Å²) < 4.78 is 0. The van der Waals surface area contributed by atoms with E-state index in [2.05, 4.69) is 32.0 Å². The fourth-order valence-corrected chi connectivity index (χ4v) is 2.30. The smallest absolute Gasteiger partial charge is 0.00821 e. The van der Waals surface area contributed by atoms with Crippen LogP contribution in [0.15, 0.2) is 18.2 Å². The Morgan fingerprint density at radius 1 is 1.27 bits per heavy atom. The quantitative estimate of drug-likeness (QED) is 0.800. The SMILES string of the molecule is Cc1cccc(C)c1CC(N)CC1CC1. The molecule has 0 spiro atoms. The maximum atomic E-state index is 6.18. The fourth-order valence-electron chi connectivity index (χ4n) is 2.30. The Balaban J connectivity index is 2.01. The maximum absolute atomic E-state index is 6.18. The first-order chi connectivity index (χ1) is 7.16. The number of aryl methyl sites for hydroxylation is 2. The van der Waals surface area contributed by atoms with Crippen LogP contribution in [0.3, 0.4) is 0 Å². The molecule has 0 aromatic heterocycles. The van der Waals surface area contributed by atoms with Gasteiger partial charge in [-0.05, 0) is 49.3 Å². The summed E-state index contributed by atoms with van der Waals surface area (Å²) >= 11 is 0. The number of nitrogens with two attached hydrogens (primary N) is 1. The van der Waals surface area contributed by atoms with Gasteiger partial charge in [-0.3, -0.25) is 0 Å². The Bertz CT molecular complexity index is 319. The van der Waals surface area contributed by atoms with Crippen LogP contribution in [0.25, 0.3) is 0 Å². The van der Waals surface area contributed by atoms with E-state index in [0.29, 0.717) is 6.04 Å². The van der Waals surface area contributed by atoms with Crippen molar-refractivity contribution in [2.24, 2.45) is 11.7 Å². The Morgan fingerprint density at radius 3 is 2.40 bits per heavy atom. The van der Waals surface area contributed by atoms with Crippen LogP contribution in [0.2, 0.25) is 0 Å². The lowest BCUT2D eigenvalue weighted by molar-refractivity contribution is 0.564. The highest BCUT2D eigenvalue weighted by molar-refractivity contribution is 5.34. The van der Waals surface area contributed by atoms with E-state index in [-0.39, 0.29) is 0 Å². The average molecular weight is 203 g/mol. The first-order valence-corrected chi connectivity index (χ1v) is 5.97. The van der Waals surface area contributed by atoms with Crippen LogP contribution in [-0.4, -0.2) is 6.04 Å². The zero-order valence-corrected chi connectivity index (χ0v) is 9.79. The van der Waals surface area contributed by atoms with Crippen LogP contribution in [0.4, 0.5) is 0 Å². The standard InChI is InChI=1S/C14H21N/c1-10-4-3-5-11(2)14(10)9-13(15)8-12-6-7-12/h3-5,12-13H,6-9,15H2,1-2H3. The minimum Gasteiger partial charge on any atom is -0.327 e. The minimum absolute atomic E-state index is 0.359. The lowest BCUT2D eigenvalue weighted by atomic mass is 9.94. The second kappa shape index (κ2) is 4.36. The number of benzene rings is 1. The second-order valence-corrected chi connectivity index (χ2v) is 5.01. The molecule has 0 aliphatic heterocycles. The molecule has 0 radical (unpaired) electrons. The fraction of sp³-hybridized carbons (Fsp3) is 0.571. The predicted molar refractivity (Wildman–Crippen MR) is 64.9 cm³/mol. The normalized spacial score (nSPS) is 17.8. The van der Waals surface area contributed by atoms with Gasteiger partial charge in [0.25, 0.3) is 0 Å². The van der Waals surface area contributed by atoms with Crippen molar-refractivity contribution in [1.82, 2.24) is 0 Å². The average Bonchev–Trinajstić information content (AvgIpc) is 2.95. The molecule has 1 aromatic rings. The van der Waals surface area contributed by atoms with E-state index in [1.807, 2.05) is 0 Å². The molecule has 1 unspecified atom stereocenters. The van der Waals surface area contributed by atoms with E-state index < -0.39 is 0 Å². The summed E-state index contributed by atoms with van der Waals surface area (Å²) in [6, 6.07) is 6.86. The highest BCUT2D eigenvalue weighted by Crippen LogP contribution is 2.33. The summed E-state index contributed by atoms with van der Waals surface area (Å²) in [4.78, 5) is 0. The van der Waals surface area contributed by atoms with Gasteiger partial charge in [-0.1, -0.05) is 31.0 Å². The van der Waals surface area contributed by atoms with Crippen molar-refractivity contribution in [3.63, 3.8) is 0 Å². The van der Waals surface area contributed by atoms with Crippen molar-refractivity contribution in [2.75, 3.05) is 0 Å².